The fraction of sp³-hybridized carbons (Fsp3) is 0.364. The summed E-state index contributed by atoms with van der Waals surface area (Å²) in [5.74, 6) is 0.856. The van der Waals surface area contributed by atoms with E-state index in [4.69, 9.17) is 0 Å². The minimum Gasteiger partial charge on any atom is -0.313 e. The number of nitrogens with one attached hydrogen (secondary N) is 2. The van der Waals surface area contributed by atoms with Gasteiger partial charge in [0.15, 0.2) is 0 Å². The van der Waals surface area contributed by atoms with Crippen LogP contribution in [0.5, 0.6) is 0 Å². The maximum atomic E-state index is 12.8. The fourth-order valence-electron chi connectivity index (χ4n) is 3.60. The summed E-state index contributed by atoms with van der Waals surface area (Å²) in [6, 6.07) is 13.0. The highest BCUT2D eigenvalue weighted by atomic mass is 32.2. The lowest BCUT2D eigenvalue weighted by atomic mass is 10.0. The Morgan fingerprint density at radius 3 is 2.56 bits per heavy atom. The van der Waals surface area contributed by atoms with E-state index in [1.807, 2.05) is 30.3 Å². The summed E-state index contributed by atoms with van der Waals surface area (Å²) in [6.07, 6.45) is 3.70. The Bertz CT molecular complexity index is 902. The highest BCUT2D eigenvalue weighted by molar-refractivity contribution is 7.92. The van der Waals surface area contributed by atoms with E-state index in [1.54, 1.807) is 12.1 Å². The molecule has 1 aliphatic rings. The number of hydrogen-bond donors (Lipinski definition) is 2. The molecule has 0 fully saturated rings. The highest BCUT2D eigenvalue weighted by Crippen LogP contribution is 2.33. The van der Waals surface area contributed by atoms with E-state index in [-0.39, 0.29) is 0 Å². The SMILES string of the molecule is C=CCNCC1Cc2cccc(NS(=O)(=O)c3ccc(C(C)C)cc3)c2C1. The lowest BCUT2D eigenvalue weighted by Gasteiger charge is -2.13. The van der Waals surface area contributed by atoms with Gasteiger partial charge in [-0.2, -0.15) is 0 Å². The van der Waals surface area contributed by atoms with E-state index in [2.05, 4.69) is 36.5 Å². The topological polar surface area (TPSA) is 58.2 Å². The van der Waals surface area contributed by atoms with Gasteiger partial charge in [0.1, 0.15) is 0 Å². The van der Waals surface area contributed by atoms with E-state index in [0.717, 1.165) is 37.1 Å². The predicted molar refractivity (Wildman–Crippen MR) is 112 cm³/mol. The third-order valence-corrected chi connectivity index (χ3v) is 6.48. The smallest absolute Gasteiger partial charge is 0.261 e. The summed E-state index contributed by atoms with van der Waals surface area (Å²) in [4.78, 5) is 0.298. The quantitative estimate of drug-likeness (QED) is 0.532. The second-order valence-corrected chi connectivity index (χ2v) is 9.18. The number of hydrogen-bond acceptors (Lipinski definition) is 3. The Morgan fingerprint density at radius 2 is 1.89 bits per heavy atom. The molecule has 144 valence electrons. The van der Waals surface area contributed by atoms with Crippen LogP contribution in [0.25, 0.3) is 0 Å². The molecule has 0 aliphatic heterocycles. The zero-order valence-electron chi connectivity index (χ0n) is 16.0. The molecule has 2 aromatic rings. The summed E-state index contributed by atoms with van der Waals surface area (Å²) in [7, 11) is -3.59. The molecule has 0 spiro atoms. The molecular weight excluding hydrogens is 356 g/mol. The van der Waals surface area contributed by atoms with Crippen molar-refractivity contribution in [2.24, 2.45) is 5.92 Å². The number of anilines is 1. The minimum atomic E-state index is -3.59. The maximum Gasteiger partial charge on any atom is 0.261 e. The van der Waals surface area contributed by atoms with Crippen molar-refractivity contribution in [1.29, 1.82) is 0 Å². The normalized spacial score (nSPS) is 16.3. The molecule has 1 aliphatic carbocycles. The lowest BCUT2D eigenvalue weighted by Crippen LogP contribution is -2.23. The standard InChI is InChI=1S/C22H28N2O2S/c1-4-12-23-15-17-13-19-6-5-7-22(21(19)14-17)24-27(25,26)20-10-8-18(9-11-20)16(2)3/h4-11,16-17,23-24H,1,12-15H2,2-3H3. The van der Waals surface area contributed by atoms with Gasteiger partial charge in [0, 0.05) is 6.54 Å². The molecule has 0 bridgehead atoms. The van der Waals surface area contributed by atoms with Gasteiger partial charge >= 0.3 is 0 Å². The second kappa shape index (κ2) is 8.28. The van der Waals surface area contributed by atoms with E-state index < -0.39 is 10.0 Å². The van der Waals surface area contributed by atoms with Gasteiger partial charge in [0.2, 0.25) is 0 Å². The average molecular weight is 385 g/mol. The molecule has 0 saturated carbocycles. The molecule has 3 rings (SSSR count). The molecule has 5 heteroatoms. The van der Waals surface area contributed by atoms with Crippen molar-refractivity contribution < 1.29 is 8.42 Å². The number of rotatable bonds is 8. The van der Waals surface area contributed by atoms with E-state index in [1.165, 1.54) is 5.56 Å². The van der Waals surface area contributed by atoms with E-state index >= 15 is 0 Å². The Labute approximate surface area is 162 Å². The van der Waals surface area contributed by atoms with Crippen molar-refractivity contribution in [3.05, 3.63) is 71.8 Å². The first-order chi connectivity index (χ1) is 12.9. The van der Waals surface area contributed by atoms with Crippen LogP contribution in [0.2, 0.25) is 0 Å². The van der Waals surface area contributed by atoms with Gasteiger partial charge in [0.25, 0.3) is 10.0 Å². The highest BCUT2D eigenvalue weighted by Gasteiger charge is 2.25. The number of benzene rings is 2. The van der Waals surface area contributed by atoms with Crippen molar-refractivity contribution in [3.8, 4) is 0 Å². The van der Waals surface area contributed by atoms with Crippen molar-refractivity contribution >= 4 is 15.7 Å². The first-order valence-corrected chi connectivity index (χ1v) is 10.9. The maximum absolute atomic E-state index is 12.8. The van der Waals surface area contributed by atoms with Crippen LogP contribution in [0.4, 0.5) is 5.69 Å². The Morgan fingerprint density at radius 1 is 1.15 bits per heavy atom. The Kier molecular flexibility index (Phi) is 6.02. The summed E-state index contributed by atoms with van der Waals surface area (Å²) in [5, 5.41) is 3.36. The Balaban J connectivity index is 1.77. The van der Waals surface area contributed by atoms with Crippen LogP contribution < -0.4 is 10.0 Å². The van der Waals surface area contributed by atoms with Gasteiger partial charge in [-0.25, -0.2) is 8.42 Å². The monoisotopic (exact) mass is 384 g/mol. The average Bonchev–Trinajstić information content (AvgIpc) is 3.06. The minimum absolute atomic E-state index is 0.298. The number of fused-ring (bicyclic) bond motifs is 1. The third kappa shape index (κ3) is 4.60. The zero-order chi connectivity index (χ0) is 19.4. The molecule has 0 heterocycles. The van der Waals surface area contributed by atoms with E-state index in [0.29, 0.717) is 22.4 Å². The first-order valence-electron chi connectivity index (χ1n) is 9.46. The molecule has 0 amide bonds. The molecule has 4 nitrogen and oxygen atoms in total. The Hall–Kier alpha value is -2.11. The summed E-state index contributed by atoms with van der Waals surface area (Å²) >= 11 is 0. The molecule has 27 heavy (non-hydrogen) atoms. The third-order valence-electron chi connectivity index (χ3n) is 5.10. The molecule has 1 unspecified atom stereocenters. The summed E-state index contributed by atoms with van der Waals surface area (Å²) in [6.45, 7) is 9.61. The van der Waals surface area contributed by atoms with Gasteiger partial charge in [0.05, 0.1) is 10.6 Å². The van der Waals surface area contributed by atoms with Gasteiger partial charge in [-0.3, -0.25) is 4.72 Å². The molecule has 0 radical (unpaired) electrons. The number of sulfonamides is 1. The largest absolute Gasteiger partial charge is 0.313 e. The van der Waals surface area contributed by atoms with Crippen LogP contribution in [0.1, 0.15) is 36.5 Å². The van der Waals surface area contributed by atoms with Crippen molar-refractivity contribution in [2.75, 3.05) is 17.8 Å². The van der Waals surface area contributed by atoms with Crippen LogP contribution in [0.3, 0.4) is 0 Å². The molecule has 2 N–H and O–H groups in total. The van der Waals surface area contributed by atoms with Crippen LogP contribution in [-0.2, 0) is 22.9 Å². The molecule has 0 saturated heterocycles. The first kappa shape index (κ1) is 19.6. The van der Waals surface area contributed by atoms with Crippen LogP contribution in [-0.4, -0.2) is 21.5 Å². The van der Waals surface area contributed by atoms with Crippen LogP contribution >= 0.6 is 0 Å². The second-order valence-electron chi connectivity index (χ2n) is 7.49. The fourth-order valence-corrected chi connectivity index (χ4v) is 4.70. The molecule has 2 aromatic carbocycles. The van der Waals surface area contributed by atoms with Crippen molar-refractivity contribution in [3.63, 3.8) is 0 Å². The summed E-state index contributed by atoms with van der Waals surface area (Å²) < 4.78 is 28.5. The van der Waals surface area contributed by atoms with Crippen LogP contribution in [0.15, 0.2) is 60.0 Å². The predicted octanol–water partition coefficient (Wildman–Crippen LogP) is 4.10. The molecular formula is C22H28N2O2S. The van der Waals surface area contributed by atoms with Crippen molar-refractivity contribution in [1.82, 2.24) is 5.32 Å². The van der Waals surface area contributed by atoms with Gasteiger partial charge < -0.3 is 5.32 Å². The van der Waals surface area contributed by atoms with Crippen molar-refractivity contribution in [2.45, 2.75) is 37.5 Å². The van der Waals surface area contributed by atoms with Gasteiger partial charge in [-0.05, 0) is 66.1 Å². The van der Waals surface area contributed by atoms with Gasteiger partial charge in [-0.1, -0.05) is 44.2 Å². The lowest BCUT2D eigenvalue weighted by molar-refractivity contribution is 0.515. The zero-order valence-corrected chi connectivity index (χ0v) is 16.9. The van der Waals surface area contributed by atoms with Gasteiger partial charge in [-0.15, -0.1) is 6.58 Å². The summed E-state index contributed by atoms with van der Waals surface area (Å²) in [5.41, 5.74) is 4.18. The molecule has 1 atom stereocenters. The van der Waals surface area contributed by atoms with E-state index in [9.17, 15) is 8.42 Å². The molecule has 0 aromatic heterocycles. The van der Waals surface area contributed by atoms with Crippen LogP contribution in [0, 0.1) is 5.92 Å².